The van der Waals surface area contributed by atoms with Gasteiger partial charge in [-0.1, -0.05) is 18.2 Å². The van der Waals surface area contributed by atoms with Gasteiger partial charge in [0.05, 0.1) is 16.7 Å². The van der Waals surface area contributed by atoms with Crippen LogP contribution < -0.4 is 0 Å². The van der Waals surface area contributed by atoms with Gasteiger partial charge in [-0.2, -0.15) is 0 Å². The average Bonchev–Trinajstić information content (AvgIpc) is 2.61. The van der Waals surface area contributed by atoms with E-state index in [0.29, 0.717) is 10.5 Å². The third kappa shape index (κ3) is 2.15. The Hall–Kier alpha value is -1.40. The molecule has 1 unspecified atom stereocenters. The Morgan fingerprint density at radius 3 is 2.53 bits per heavy atom. The van der Waals surface area contributed by atoms with Crippen molar-refractivity contribution in [3.63, 3.8) is 0 Å². The number of carboxylic acids is 1. The highest BCUT2D eigenvalue weighted by Gasteiger charge is 2.43. The molecule has 0 fully saturated rings. The molecular weight excluding hydrogens is 266 g/mol. The molecule has 0 aromatic heterocycles. The molecule has 5 nitrogen and oxygen atoms in total. The fourth-order valence-corrected chi connectivity index (χ4v) is 4.13. The van der Waals surface area contributed by atoms with E-state index in [1.54, 1.807) is 50.1 Å². The lowest BCUT2D eigenvalue weighted by Gasteiger charge is -2.36. The Kier molecular flexibility index (Phi) is 3.18. The third-order valence-corrected chi connectivity index (χ3v) is 5.66. The van der Waals surface area contributed by atoms with Crippen LogP contribution in [0.25, 0.3) is 0 Å². The largest absolute Gasteiger partial charge is 0.480 e. The van der Waals surface area contributed by atoms with Crippen LogP contribution >= 0.6 is 0 Å². The van der Waals surface area contributed by atoms with Crippen LogP contribution in [0.4, 0.5) is 0 Å². The van der Waals surface area contributed by atoms with E-state index >= 15 is 0 Å². The normalized spacial score (nSPS) is 21.4. The van der Waals surface area contributed by atoms with Crippen molar-refractivity contribution in [2.24, 2.45) is 0 Å². The van der Waals surface area contributed by atoms with Gasteiger partial charge in [0.2, 0.25) is 0 Å². The average molecular weight is 283 g/mol. The predicted octanol–water partition coefficient (Wildman–Crippen LogP) is 1.31. The molecule has 1 atom stereocenters. The second-order valence-corrected chi connectivity index (χ2v) is 7.31. The minimum atomic E-state index is -3.32. The number of aliphatic carboxylic acids is 1. The second-order valence-electron chi connectivity index (χ2n) is 5.31. The monoisotopic (exact) mass is 283 g/mol. The summed E-state index contributed by atoms with van der Waals surface area (Å²) in [5.41, 5.74) is -0.447. The number of nitrogens with zero attached hydrogens (tertiary/aromatic N) is 1. The van der Waals surface area contributed by atoms with Crippen LogP contribution in [-0.4, -0.2) is 42.7 Å². The summed E-state index contributed by atoms with van der Waals surface area (Å²) in [6.07, 6.45) is 0. The van der Waals surface area contributed by atoms with Crippen LogP contribution in [0.3, 0.4) is 0 Å². The summed E-state index contributed by atoms with van der Waals surface area (Å²) in [6, 6.07) is 6.35. The van der Waals surface area contributed by atoms with Crippen LogP contribution in [0, 0.1) is 0 Å². The van der Waals surface area contributed by atoms with Crippen LogP contribution in [0.15, 0.2) is 29.2 Å². The summed E-state index contributed by atoms with van der Waals surface area (Å²) in [7, 11) is -1.67. The van der Waals surface area contributed by atoms with E-state index in [2.05, 4.69) is 0 Å². The van der Waals surface area contributed by atoms with Gasteiger partial charge in [0.15, 0.2) is 9.84 Å². The van der Waals surface area contributed by atoms with Crippen LogP contribution in [0.1, 0.15) is 25.5 Å². The Morgan fingerprint density at radius 2 is 1.95 bits per heavy atom. The third-order valence-electron chi connectivity index (χ3n) is 3.86. The van der Waals surface area contributed by atoms with Crippen molar-refractivity contribution < 1.29 is 18.3 Å². The lowest BCUT2D eigenvalue weighted by Crippen LogP contribution is -2.49. The lowest BCUT2D eigenvalue weighted by molar-refractivity contribution is -0.149. The zero-order chi connectivity index (χ0) is 14.4. The highest BCUT2D eigenvalue weighted by molar-refractivity contribution is 7.91. The SMILES string of the molecule is CN(C1CS(=O)(=O)c2ccccc21)C(C)(C)C(=O)O. The predicted molar refractivity (Wildman–Crippen MR) is 70.7 cm³/mol. The maximum absolute atomic E-state index is 12.1. The van der Waals surface area contributed by atoms with E-state index in [1.807, 2.05) is 0 Å². The van der Waals surface area contributed by atoms with E-state index in [-0.39, 0.29) is 5.75 Å². The smallest absolute Gasteiger partial charge is 0.323 e. The number of likely N-dealkylation sites (N-methyl/N-ethyl adjacent to an activating group) is 1. The molecule has 0 saturated heterocycles. The van der Waals surface area contributed by atoms with Gasteiger partial charge in [-0.25, -0.2) is 8.42 Å². The van der Waals surface area contributed by atoms with E-state index in [0.717, 1.165) is 0 Å². The van der Waals surface area contributed by atoms with Gasteiger partial charge < -0.3 is 5.11 Å². The first-order valence-electron chi connectivity index (χ1n) is 5.96. The van der Waals surface area contributed by atoms with Crippen molar-refractivity contribution in [2.75, 3.05) is 12.8 Å². The molecular formula is C13H17NO4S. The number of carbonyl (C=O) groups is 1. The Balaban J connectivity index is 2.48. The second kappa shape index (κ2) is 4.31. The first kappa shape index (κ1) is 14.0. The van der Waals surface area contributed by atoms with Crippen molar-refractivity contribution in [2.45, 2.75) is 30.3 Å². The van der Waals surface area contributed by atoms with Gasteiger partial charge in [-0.05, 0) is 32.5 Å². The molecule has 19 heavy (non-hydrogen) atoms. The molecule has 0 radical (unpaired) electrons. The van der Waals surface area contributed by atoms with Gasteiger partial charge in [0.1, 0.15) is 5.54 Å². The molecule has 0 amide bonds. The van der Waals surface area contributed by atoms with Crippen molar-refractivity contribution in [3.8, 4) is 0 Å². The fraction of sp³-hybridized carbons (Fsp3) is 0.462. The maximum Gasteiger partial charge on any atom is 0.323 e. The minimum absolute atomic E-state index is 0.0699. The van der Waals surface area contributed by atoms with Gasteiger partial charge >= 0.3 is 5.97 Å². The van der Waals surface area contributed by atoms with Crippen LogP contribution in [0.5, 0.6) is 0 Å². The number of carboxylic acid groups (broad SMARTS) is 1. The Bertz CT molecular complexity index is 621. The first-order valence-corrected chi connectivity index (χ1v) is 7.61. The zero-order valence-corrected chi connectivity index (χ0v) is 11.9. The van der Waals surface area contributed by atoms with Crippen molar-refractivity contribution >= 4 is 15.8 Å². The minimum Gasteiger partial charge on any atom is -0.480 e. The zero-order valence-electron chi connectivity index (χ0n) is 11.1. The number of hydrogen-bond donors (Lipinski definition) is 1. The number of sulfone groups is 1. The Morgan fingerprint density at radius 1 is 1.37 bits per heavy atom. The van der Waals surface area contributed by atoms with E-state index in [4.69, 9.17) is 0 Å². The van der Waals surface area contributed by atoms with Gasteiger partial charge in [0, 0.05) is 0 Å². The molecule has 1 aliphatic rings. The molecule has 6 heteroatoms. The highest BCUT2D eigenvalue weighted by atomic mass is 32.2. The molecule has 0 bridgehead atoms. The summed E-state index contributed by atoms with van der Waals surface area (Å²) in [5.74, 6) is -1.05. The number of hydrogen-bond acceptors (Lipinski definition) is 4. The highest BCUT2D eigenvalue weighted by Crippen LogP contribution is 2.39. The number of rotatable bonds is 3. The molecule has 1 aromatic carbocycles. The summed E-state index contributed by atoms with van der Waals surface area (Å²) in [6.45, 7) is 3.14. The quantitative estimate of drug-likeness (QED) is 0.905. The van der Waals surface area contributed by atoms with Gasteiger partial charge in [-0.15, -0.1) is 0 Å². The molecule has 1 N–H and O–H groups in total. The number of fused-ring (bicyclic) bond motifs is 1. The fourth-order valence-electron chi connectivity index (χ4n) is 2.29. The van der Waals surface area contributed by atoms with E-state index in [9.17, 15) is 18.3 Å². The lowest BCUT2D eigenvalue weighted by atomic mass is 9.98. The summed E-state index contributed by atoms with van der Waals surface area (Å²) < 4.78 is 24.2. The first-order chi connectivity index (χ1) is 8.68. The van der Waals surface area contributed by atoms with Crippen molar-refractivity contribution in [3.05, 3.63) is 29.8 Å². The summed E-state index contributed by atoms with van der Waals surface area (Å²) >= 11 is 0. The maximum atomic E-state index is 12.1. The number of benzene rings is 1. The van der Waals surface area contributed by atoms with Crippen molar-refractivity contribution in [1.29, 1.82) is 0 Å². The van der Waals surface area contributed by atoms with E-state index in [1.165, 1.54) is 0 Å². The standard InChI is InChI=1S/C13H17NO4S/c1-13(2,12(15)16)14(3)10-8-19(17,18)11-7-5-4-6-9(10)11/h4-7,10H,8H2,1-3H3,(H,15,16). The summed E-state index contributed by atoms with van der Waals surface area (Å²) in [4.78, 5) is 13.2. The molecule has 1 aromatic rings. The molecule has 1 heterocycles. The molecule has 2 rings (SSSR count). The van der Waals surface area contributed by atoms with Crippen molar-refractivity contribution in [1.82, 2.24) is 4.90 Å². The molecule has 0 spiro atoms. The summed E-state index contributed by atoms with van der Waals surface area (Å²) in [5, 5.41) is 9.26. The topological polar surface area (TPSA) is 74.7 Å². The van der Waals surface area contributed by atoms with E-state index < -0.39 is 27.4 Å². The van der Waals surface area contributed by atoms with Crippen LogP contribution in [-0.2, 0) is 14.6 Å². The molecule has 0 aliphatic carbocycles. The van der Waals surface area contributed by atoms with Crippen LogP contribution in [0.2, 0.25) is 0 Å². The molecule has 104 valence electrons. The van der Waals surface area contributed by atoms with Gasteiger partial charge in [-0.3, -0.25) is 9.69 Å². The molecule has 1 aliphatic heterocycles. The Labute approximate surface area is 112 Å². The van der Waals surface area contributed by atoms with Gasteiger partial charge in [0.25, 0.3) is 0 Å². The molecule has 0 saturated carbocycles.